The predicted octanol–water partition coefficient (Wildman–Crippen LogP) is 4.47. The van der Waals surface area contributed by atoms with Crippen LogP contribution in [-0.4, -0.2) is 39.7 Å². The van der Waals surface area contributed by atoms with Gasteiger partial charge in [0.2, 0.25) is 0 Å². The maximum Gasteiger partial charge on any atom is 0.252 e. The number of aromatic nitrogens is 8. The van der Waals surface area contributed by atoms with Crippen LogP contribution < -0.4 is 5.56 Å². The summed E-state index contributed by atoms with van der Waals surface area (Å²) in [5, 5.41) is 11.1. The zero-order chi connectivity index (χ0) is 25.0. The van der Waals surface area contributed by atoms with Crippen LogP contribution >= 0.6 is 11.6 Å². The summed E-state index contributed by atoms with van der Waals surface area (Å²) in [6.45, 7) is 3.97. The molecule has 9 nitrogen and oxygen atoms in total. The molecule has 1 aromatic carbocycles. The number of fused-ring (bicyclic) bond motifs is 1. The van der Waals surface area contributed by atoms with E-state index >= 15 is 4.39 Å². The van der Waals surface area contributed by atoms with Crippen LogP contribution in [0, 0.1) is 12.7 Å². The zero-order valence-corrected chi connectivity index (χ0v) is 20.1. The number of H-pyrrole nitrogens is 1. The molecule has 36 heavy (non-hydrogen) atoms. The van der Waals surface area contributed by atoms with Gasteiger partial charge in [-0.2, -0.15) is 4.68 Å². The molecule has 5 heterocycles. The summed E-state index contributed by atoms with van der Waals surface area (Å²) in [7, 11) is 0. The minimum Gasteiger partial charge on any atom is -0.340 e. The number of aryl methyl sites for hydroxylation is 1. The molecular weight excluding hydrogens is 483 g/mol. The smallest absolute Gasteiger partial charge is 0.252 e. The molecule has 0 spiro atoms. The summed E-state index contributed by atoms with van der Waals surface area (Å²) < 4.78 is 18.4. The summed E-state index contributed by atoms with van der Waals surface area (Å²) in [5.41, 5.74) is 4.24. The van der Waals surface area contributed by atoms with E-state index in [1.54, 1.807) is 23.0 Å². The summed E-state index contributed by atoms with van der Waals surface area (Å²) in [5.74, 6) is 0.0980. The Balaban J connectivity index is 1.45. The predicted molar refractivity (Wildman–Crippen MR) is 132 cm³/mol. The van der Waals surface area contributed by atoms with Gasteiger partial charge in [-0.25, -0.2) is 9.37 Å². The number of benzene rings is 1. The monoisotopic (exact) mass is 502 g/mol. The molecule has 0 unspecified atom stereocenters. The van der Waals surface area contributed by atoms with Crippen LogP contribution in [-0.2, 0) is 0 Å². The van der Waals surface area contributed by atoms with Gasteiger partial charge in [0, 0.05) is 34.8 Å². The largest absolute Gasteiger partial charge is 0.340 e. The van der Waals surface area contributed by atoms with Crippen molar-refractivity contribution in [1.82, 2.24) is 39.7 Å². The molecular formula is C25H20ClFN8O. The number of aromatic amines is 1. The maximum atomic E-state index is 15.3. The number of rotatable bonds is 4. The molecule has 1 aliphatic heterocycles. The maximum absolute atomic E-state index is 15.3. The number of halogens is 2. The Morgan fingerprint density at radius 1 is 1.14 bits per heavy atom. The third-order valence-electron chi connectivity index (χ3n) is 6.57. The van der Waals surface area contributed by atoms with Gasteiger partial charge in [0.25, 0.3) is 5.56 Å². The average Bonchev–Trinajstić information content (AvgIpc) is 3.61. The van der Waals surface area contributed by atoms with Gasteiger partial charge in [0.1, 0.15) is 12.2 Å². The molecule has 180 valence electrons. The van der Waals surface area contributed by atoms with Gasteiger partial charge in [-0.05, 0) is 65.6 Å². The van der Waals surface area contributed by atoms with Crippen LogP contribution in [0.15, 0.2) is 59.9 Å². The highest BCUT2D eigenvalue weighted by molar-refractivity contribution is 6.31. The lowest BCUT2D eigenvalue weighted by Crippen LogP contribution is -2.24. The second kappa shape index (κ2) is 8.49. The van der Waals surface area contributed by atoms with Crippen molar-refractivity contribution in [3.63, 3.8) is 0 Å². The summed E-state index contributed by atoms with van der Waals surface area (Å²) >= 11 is 6.11. The summed E-state index contributed by atoms with van der Waals surface area (Å²) in [4.78, 5) is 25.7. The zero-order valence-electron chi connectivity index (χ0n) is 19.4. The van der Waals surface area contributed by atoms with Crippen molar-refractivity contribution < 1.29 is 4.39 Å². The molecule has 0 amide bonds. The number of tetrazole rings is 1. The molecule has 0 fully saturated rings. The van der Waals surface area contributed by atoms with Crippen molar-refractivity contribution in [2.24, 2.45) is 0 Å². The van der Waals surface area contributed by atoms with Crippen LogP contribution in [0.5, 0.6) is 0 Å². The van der Waals surface area contributed by atoms with E-state index in [4.69, 9.17) is 11.6 Å². The normalized spacial score (nSPS) is 16.9. The first kappa shape index (κ1) is 22.3. The number of hydrogen-bond donors (Lipinski definition) is 1. The Bertz CT molecular complexity index is 1660. The van der Waals surface area contributed by atoms with Crippen LogP contribution in [0.1, 0.15) is 42.5 Å². The SMILES string of the molecule is Cc1cc(-c2cnc([C@@H]3C[C@@H](C)c4cc(-c5c(-n6cnnn6)ccc(Cl)c5F)cc(=O)n43)[nH]2)ccn1. The molecule has 0 saturated heterocycles. The van der Waals surface area contributed by atoms with Crippen molar-refractivity contribution in [3.8, 4) is 28.1 Å². The molecule has 0 saturated carbocycles. The van der Waals surface area contributed by atoms with E-state index in [2.05, 4.69) is 30.5 Å². The lowest BCUT2D eigenvalue weighted by Gasteiger charge is -2.16. The van der Waals surface area contributed by atoms with Crippen LogP contribution in [0.2, 0.25) is 5.02 Å². The number of hydrogen-bond acceptors (Lipinski definition) is 6. The second-order valence-corrected chi connectivity index (χ2v) is 9.31. The molecule has 1 N–H and O–H groups in total. The molecule has 11 heteroatoms. The van der Waals surface area contributed by atoms with Crippen molar-refractivity contribution in [2.45, 2.75) is 32.2 Å². The first-order valence-corrected chi connectivity index (χ1v) is 11.7. The Hall–Kier alpha value is -4.18. The fraction of sp³-hybridized carbons (Fsp3) is 0.200. The average molecular weight is 503 g/mol. The Kier molecular flexibility index (Phi) is 5.26. The standard InChI is InChI=1S/C25H20ClFN8O/c1-13-7-21(25-29-11-18(31-25)15-5-6-28-14(2)8-15)35-20(13)9-16(10-22(35)36)23-19(34-12-30-32-33-34)4-3-17(26)24(23)27/h3-6,8-13,21H,7H2,1-2H3,(H,29,31)/t13-,21+/m1/s1. The Labute approximate surface area is 209 Å². The number of nitrogens with zero attached hydrogens (tertiary/aromatic N) is 7. The third-order valence-corrected chi connectivity index (χ3v) is 6.86. The van der Waals surface area contributed by atoms with E-state index < -0.39 is 5.82 Å². The van der Waals surface area contributed by atoms with Crippen LogP contribution in [0.4, 0.5) is 4.39 Å². The lowest BCUT2D eigenvalue weighted by atomic mass is 9.99. The lowest BCUT2D eigenvalue weighted by molar-refractivity contribution is 0.557. The molecule has 1 aliphatic rings. The van der Waals surface area contributed by atoms with Gasteiger partial charge in [-0.15, -0.1) is 5.10 Å². The topological polar surface area (TPSA) is 107 Å². The van der Waals surface area contributed by atoms with Gasteiger partial charge >= 0.3 is 0 Å². The van der Waals surface area contributed by atoms with Gasteiger partial charge < -0.3 is 9.55 Å². The molecule has 5 aromatic rings. The van der Waals surface area contributed by atoms with Crippen molar-refractivity contribution in [2.75, 3.05) is 0 Å². The van der Waals surface area contributed by atoms with E-state index in [0.29, 0.717) is 23.5 Å². The highest BCUT2D eigenvalue weighted by atomic mass is 35.5. The molecule has 4 aromatic heterocycles. The van der Waals surface area contributed by atoms with Gasteiger partial charge in [-0.1, -0.05) is 18.5 Å². The quantitative estimate of drug-likeness (QED) is 0.388. The van der Waals surface area contributed by atoms with Crippen molar-refractivity contribution in [3.05, 3.63) is 93.5 Å². The minimum atomic E-state index is -0.639. The van der Waals surface area contributed by atoms with Crippen LogP contribution in [0.3, 0.4) is 0 Å². The van der Waals surface area contributed by atoms with Crippen molar-refractivity contribution in [1.29, 1.82) is 0 Å². The fourth-order valence-corrected chi connectivity index (χ4v) is 5.05. The molecule has 0 bridgehead atoms. The number of pyridine rings is 2. The molecule has 2 atom stereocenters. The van der Waals surface area contributed by atoms with Gasteiger partial charge in [0.05, 0.1) is 28.6 Å². The Morgan fingerprint density at radius 2 is 2.00 bits per heavy atom. The second-order valence-electron chi connectivity index (χ2n) is 8.91. The Morgan fingerprint density at radius 3 is 2.78 bits per heavy atom. The third kappa shape index (κ3) is 3.61. The number of imidazole rings is 1. The van der Waals surface area contributed by atoms with Gasteiger partial charge in [0.15, 0.2) is 5.82 Å². The highest BCUT2D eigenvalue weighted by Gasteiger charge is 2.33. The summed E-state index contributed by atoms with van der Waals surface area (Å²) in [6, 6.07) is 9.95. The first-order chi connectivity index (χ1) is 17.4. The van der Waals surface area contributed by atoms with Gasteiger partial charge in [-0.3, -0.25) is 9.78 Å². The molecule has 0 radical (unpaired) electrons. The van der Waals surface area contributed by atoms with Crippen molar-refractivity contribution >= 4 is 11.6 Å². The van der Waals surface area contributed by atoms with E-state index in [1.807, 2.05) is 32.0 Å². The summed E-state index contributed by atoms with van der Waals surface area (Å²) in [6.07, 6.45) is 5.57. The van der Waals surface area contributed by atoms with E-state index in [-0.39, 0.29) is 28.1 Å². The molecule has 0 aliphatic carbocycles. The highest BCUT2D eigenvalue weighted by Crippen LogP contribution is 2.40. The fourth-order valence-electron chi connectivity index (χ4n) is 4.90. The van der Waals surface area contributed by atoms with E-state index in [9.17, 15) is 4.79 Å². The molecule has 6 rings (SSSR count). The number of nitrogens with one attached hydrogen (secondary N) is 1. The first-order valence-electron chi connectivity index (χ1n) is 11.4. The minimum absolute atomic E-state index is 0.0399. The van der Waals surface area contributed by atoms with E-state index in [0.717, 1.165) is 22.6 Å². The van der Waals surface area contributed by atoms with Crippen LogP contribution in [0.25, 0.3) is 28.1 Å². The van der Waals surface area contributed by atoms with E-state index in [1.165, 1.54) is 23.1 Å².